The molecule has 0 bridgehead atoms. The van der Waals surface area contributed by atoms with Gasteiger partial charge in [0.2, 0.25) is 0 Å². The summed E-state index contributed by atoms with van der Waals surface area (Å²) in [4.78, 5) is 23.3. The average molecular weight is 220 g/mol. The molecule has 2 aromatic rings. The third kappa shape index (κ3) is 1.87. The Kier molecular flexibility index (Phi) is 2.47. The number of rotatable bonds is 2. The van der Waals surface area contributed by atoms with E-state index in [1.165, 1.54) is 24.3 Å². The monoisotopic (exact) mass is 220 g/mol. The third-order valence-corrected chi connectivity index (χ3v) is 2.85. The fraction of sp³-hybridized carbons (Fsp3) is 0.100. The lowest BCUT2D eigenvalue weighted by molar-refractivity contribution is 0.101. The minimum absolute atomic E-state index is 0.147. The van der Waals surface area contributed by atoms with Crippen LogP contribution < -0.4 is 5.56 Å². The van der Waals surface area contributed by atoms with Gasteiger partial charge in [0.1, 0.15) is 5.69 Å². The first-order valence-electron chi connectivity index (χ1n) is 4.33. The molecule has 4 nitrogen and oxygen atoms in total. The predicted octanol–water partition coefficient (Wildman–Crippen LogP) is 1.70. The average Bonchev–Trinajstić information content (AvgIpc) is 2.71. The summed E-state index contributed by atoms with van der Waals surface area (Å²) in [5, 5.41) is 8.12. The second-order valence-corrected chi connectivity index (χ2v) is 3.98. The number of ketones is 1. The van der Waals surface area contributed by atoms with Crippen LogP contribution in [0.15, 0.2) is 28.4 Å². The summed E-state index contributed by atoms with van der Waals surface area (Å²) in [5.41, 5.74) is 0.325. The van der Waals surface area contributed by atoms with Gasteiger partial charge in [0, 0.05) is 0 Å². The summed E-state index contributed by atoms with van der Waals surface area (Å²) >= 11 is 1.51. The van der Waals surface area contributed by atoms with Crippen LogP contribution in [0.3, 0.4) is 0 Å². The van der Waals surface area contributed by atoms with Crippen molar-refractivity contribution < 1.29 is 4.79 Å². The summed E-state index contributed by atoms with van der Waals surface area (Å²) in [5.74, 6) is -0.253. The van der Waals surface area contributed by atoms with Gasteiger partial charge in [-0.1, -0.05) is 6.07 Å². The van der Waals surface area contributed by atoms with Gasteiger partial charge in [0.15, 0.2) is 5.78 Å². The van der Waals surface area contributed by atoms with Crippen molar-refractivity contribution in [3.05, 3.63) is 39.5 Å². The van der Waals surface area contributed by atoms with Crippen molar-refractivity contribution in [1.82, 2.24) is 10.2 Å². The van der Waals surface area contributed by atoms with Crippen molar-refractivity contribution in [2.75, 3.05) is 0 Å². The van der Waals surface area contributed by atoms with E-state index in [0.717, 1.165) is 4.88 Å². The molecule has 76 valence electrons. The number of aromatic amines is 1. The summed E-state index contributed by atoms with van der Waals surface area (Å²) in [7, 11) is 0. The molecule has 0 spiro atoms. The number of Topliss-reactive ketones (excluding diaryl/α,β-unsaturated/α-hetero) is 1. The molecule has 2 heterocycles. The van der Waals surface area contributed by atoms with Crippen molar-refractivity contribution in [3.63, 3.8) is 0 Å². The Labute approximate surface area is 89.6 Å². The number of hydrogen-bond donors (Lipinski definition) is 1. The summed E-state index contributed by atoms with van der Waals surface area (Å²) < 4.78 is 0. The van der Waals surface area contributed by atoms with E-state index in [1.807, 2.05) is 17.5 Å². The standard InChI is InChI=1S/C10H8N2O2S/c1-6(13)7-5-8(11-12-10(7)14)9-3-2-4-15-9/h2-5H,1H3,(H,12,14). The van der Waals surface area contributed by atoms with Crippen molar-refractivity contribution in [2.24, 2.45) is 0 Å². The molecule has 5 heteroatoms. The minimum atomic E-state index is -0.442. The Balaban J connectivity index is 2.57. The molecular formula is C10H8N2O2S. The maximum absolute atomic E-state index is 11.2. The molecule has 0 saturated carbocycles. The number of carbonyl (C=O) groups is 1. The van der Waals surface area contributed by atoms with Crippen LogP contribution in [-0.2, 0) is 0 Å². The van der Waals surface area contributed by atoms with Gasteiger partial charge in [-0.25, -0.2) is 5.10 Å². The van der Waals surface area contributed by atoms with Crippen molar-refractivity contribution >= 4 is 17.1 Å². The fourth-order valence-electron chi connectivity index (χ4n) is 1.22. The maximum Gasteiger partial charge on any atom is 0.275 e. The third-order valence-electron chi connectivity index (χ3n) is 1.96. The SMILES string of the molecule is CC(=O)c1cc(-c2cccs2)n[nH]c1=O. The fourth-order valence-corrected chi connectivity index (χ4v) is 1.90. The first-order chi connectivity index (χ1) is 7.18. The van der Waals surface area contributed by atoms with Gasteiger partial charge in [-0.2, -0.15) is 5.10 Å². The van der Waals surface area contributed by atoms with E-state index in [1.54, 1.807) is 0 Å². The number of aromatic nitrogens is 2. The number of nitrogens with zero attached hydrogens (tertiary/aromatic N) is 1. The molecule has 0 aromatic carbocycles. The Morgan fingerprint density at radius 1 is 1.53 bits per heavy atom. The largest absolute Gasteiger partial charge is 0.294 e. The molecule has 0 atom stereocenters. The zero-order chi connectivity index (χ0) is 10.8. The summed E-state index contributed by atoms with van der Waals surface area (Å²) in [6.45, 7) is 1.36. The zero-order valence-corrected chi connectivity index (χ0v) is 8.80. The van der Waals surface area contributed by atoms with Crippen LogP contribution >= 0.6 is 11.3 Å². The normalized spacial score (nSPS) is 10.2. The van der Waals surface area contributed by atoms with E-state index < -0.39 is 5.56 Å². The van der Waals surface area contributed by atoms with Crippen LogP contribution in [0.25, 0.3) is 10.6 Å². The molecule has 0 fully saturated rings. The highest BCUT2D eigenvalue weighted by molar-refractivity contribution is 7.13. The van der Waals surface area contributed by atoms with Crippen LogP contribution in [0, 0.1) is 0 Å². The lowest BCUT2D eigenvalue weighted by atomic mass is 10.2. The van der Waals surface area contributed by atoms with Crippen LogP contribution in [-0.4, -0.2) is 16.0 Å². The smallest absolute Gasteiger partial charge is 0.275 e. The lowest BCUT2D eigenvalue weighted by Crippen LogP contribution is -2.17. The van der Waals surface area contributed by atoms with Crippen LogP contribution in [0.1, 0.15) is 17.3 Å². The molecule has 2 aromatic heterocycles. The van der Waals surface area contributed by atoms with Gasteiger partial charge >= 0.3 is 0 Å². The van der Waals surface area contributed by atoms with Crippen molar-refractivity contribution in [2.45, 2.75) is 6.92 Å². The second kappa shape index (κ2) is 3.78. The quantitative estimate of drug-likeness (QED) is 0.783. The van der Waals surface area contributed by atoms with E-state index in [4.69, 9.17) is 0 Å². The first-order valence-corrected chi connectivity index (χ1v) is 5.21. The Bertz CT molecular complexity index is 543. The number of H-pyrrole nitrogens is 1. The van der Waals surface area contributed by atoms with Gasteiger partial charge in [-0.15, -0.1) is 11.3 Å². The van der Waals surface area contributed by atoms with E-state index >= 15 is 0 Å². The minimum Gasteiger partial charge on any atom is -0.294 e. The van der Waals surface area contributed by atoms with Crippen molar-refractivity contribution in [3.8, 4) is 10.6 Å². The molecule has 0 radical (unpaired) electrons. The van der Waals surface area contributed by atoms with E-state index in [-0.39, 0.29) is 11.3 Å². The van der Waals surface area contributed by atoms with Gasteiger partial charge in [0.25, 0.3) is 5.56 Å². The van der Waals surface area contributed by atoms with Crippen LogP contribution in [0.5, 0.6) is 0 Å². The molecule has 0 amide bonds. The zero-order valence-electron chi connectivity index (χ0n) is 7.98. The molecule has 0 unspecified atom stereocenters. The Morgan fingerprint density at radius 2 is 2.33 bits per heavy atom. The number of thiophene rings is 1. The molecule has 2 rings (SSSR count). The molecule has 0 aliphatic rings. The summed E-state index contributed by atoms with van der Waals surface area (Å²) in [6.07, 6.45) is 0. The Morgan fingerprint density at radius 3 is 2.93 bits per heavy atom. The highest BCUT2D eigenvalue weighted by Gasteiger charge is 2.09. The number of carbonyl (C=O) groups excluding carboxylic acids is 1. The van der Waals surface area contributed by atoms with Gasteiger partial charge in [0.05, 0.1) is 10.4 Å². The van der Waals surface area contributed by atoms with E-state index in [9.17, 15) is 9.59 Å². The second-order valence-electron chi connectivity index (χ2n) is 3.03. The molecule has 0 aliphatic heterocycles. The van der Waals surface area contributed by atoms with Crippen molar-refractivity contribution in [1.29, 1.82) is 0 Å². The molecule has 1 N–H and O–H groups in total. The van der Waals surface area contributed by atoms with Crippen LogP contribution in [0.4, 0.5) is 0 Å². The highest BCUT2D eigenvalue weighted by Crippen LogP contribution is 2.21. The van der Waals surface area contributed by atoms with E-state index in [0.29, 0.717) is 5.69 Å². The van der Waals surface area contributed by atoms with Crippen LogP contribution in [0.2, 0.25) is 0 Å². The van der Waals surface area contributed by atoms with Gasteiger partial charge in [-0.3, -0.25) is 9.59 Å². The molecular weight excluding hydrogens is 212 g/mol. The molecule has 0 aliphatic carbocycles. The topological polar surface area (TPSA) is 62.8 Å². The molecule has 15 heavy (non-hydrogen) atoms. The summed E-state index contributed by atoms with van der Waals surface area (Å²) in [6, 6.07) is 5.29. The predicted molar refractivity (Wildman–Crippen MR) is 58.2 cm³/mol. The van der Waals surface area contributed by atoms with Gasteiger partial charge in [-0.05, 0) is 24.4 Å². The Hall–Kier alpha value is -1.75. The lowest BCUT2D eigenvalue weighted by Gasteiger charge is -1.97. The highest BCUT2D eigenvalue weighted by atomic mass is 32.1. The van der Waals surface area contributed by atoms with Gasteiger partial charge < -0.3 is 0 Å². The number of hydrogen-bond acceptors (Lipinski definition) is 4. The maximum atomic E-state index is 11.2. The first kappa shape index (κ1) is 9.79. The number of nitrogens with one attached hydrogen (secondary N) is 1. The molecule has 0 saturated heterocycles. The van der Waals surface area contributed by atoms with E-state index in [2.05, 4.69) is 10.2 Å².